The van der Waals surface area contributed by atoms with E-state index in [2.05, 4.69) is 72.8 Å². The van der Waals surface area contributed by atoms with Crippen molar-refractivity contribution in [2.45, 2.75) is 135 Å². The highest BCUT2D eigenvalue weighted by atomic mass is 16.2. The van der Waals surface area contributed by atoms with Crippen LogP contribution in [0, 0.1) is 17.8 Å². The molecule has 0 spiro atoms. The van der Waals surface area contributed by atoms with Gasteiger partial charge in [-0.25, -0.2) is 9.97 Å². The van der Waals surface area contributed by atoms with Crippen LogP contribution in [0.25, 0.3) is 10.9 Å². The fourth-order valence-electron chi connectivity index (χ4n) is 8.92. The highest BCUT2D eigenvalue weighted by Gasteiger charge is 2.36. The normalized spacial score (nSPS) is 23.5. The standard InChI is InChI=1S/C54H72N14O9/c1-29(2)17-39-49(72)63-40(18-30(3)4)50(73)65-41(19-33-13-9-8-10-14-33)51(74)67-44(22-36-25-56-28-60-36)53(76)66-42(20-34-23-57-38-16-12-11-15-37(34)38)48(71)61-32(7)47(70)68-46(31(5)6)54(77)58-26-45(69)62-43(52(75)64-39)21-35-24-55-27-59-35/h8-16,23-25,27-32,39-44,46,57H,17-22,26H2,1-7H3,(H,55,59)(H,56,60)(H,58,77)(H,61,71)(H,62,69)(H,63,72)(H,64,75)(H,65,73)(H,66,76)(H,67,74)(H,68,70)/t32-,39-,40-,41-,42-,43-,44-,46-/m0/s1. The number of hydrogen-bond acceptors (Lipinski definition) is 11. The van der Waals surface area contributed by atoms with Crippen LogP contribution in [-0.4, -0.2) is 133 Å². The summed E-state index contributed by atoms with van der Waals surface area (Å²) in [7, 11) is 0. The molecule has 1 aliphatic rings. The van der Waals surface area contributed by atoms with E-state index in [1.807, 2.05) is 52.0 Å². The van der Waals surface area contributed by atoms with Crippen molar-refractivity contribution >= 4 is 64.1 Å². The van der Waals surface area contributed by atoms with Gasteiger partial charge in [0.2, 0.25) is 53.2 Å². The molecule has 0 saturated carbocycles. The molecule has 4 heterocycles. The molecule has 5 aromatic rings. The number of hydrogen-bond donors (Lipinski definition) is 12. The molecule has 77 heavy (non-hydrogen) atoms. The summed E-state index contributed by atoms with van der Waals surface area (Å²) in [5.41, 5.74) is 3.00. The topological polar surface area (TPSA) is 335 Å². The molecule has 12 N–H and O–H groups in total. The molecule has 2 aromatic carbocycles. The summed E-state index contributed by atoms with van der Waals surface area (Å²) in [6, 6.07) is 6.00. The Balaban J connectivity index is 1.39. The Bertz CT molecular complexity index is 2810. The van der Waals surface area contributed by atoms with Gasteiger partial charge in [0.1, 0.15) is 48.3 Å². The Kier molecular flexibility index (Phi) is 20.6. The van der Waals surface area contributed by atoms with Crippen molar-refractivity contribution in [2.75, 3.05) is 6.54 Å². The molecule has 0 aliphatic carbocycles. The van der Waals surface area contributed by atoms with Crippen LogP contribution in [0.1, 0.15) is 83.8 Å². The van der Waals surface area contributed by atoms with Crippen LogP contribution in [-0.2, 0) is 68.8 Å². The molecule has 0 radical (unpaired) electrons. The second-order valence-electron chi connectivity index (χ2n) is 20.7. The van der Waals surface area contributed by atoms with Gasteiger partial charge in [0.25, 0.3) is 0 Å². The summed E-state index contributed by atoms with van der Waals surface area (Å²) < 4.78 is 0. The van der Waals surface area contributed by atoms with Crippen molar-refractivity contribution in [3.63, 3.8) is 0 Å². The second-order valence-corrected chi connectivity index (χ2v) is 20.7. The summed E-state index contributed by atoms with van der Waals surface area (Å²) in [5, 5.41) is 25.4. The van der Waals surface area contributed by atoms with Gasteiger partial charge in [0.05, 0.1) is 19.2 Å². The van der Waals surface area contributed by atoms with E-state index in [9.17, 15) is 43.2 Å². The van der Waals surface area contributed by atoms with Crippen molar-refractivity contribution in [3.8, 4) is 0 Å². The summed E-state index contributed by atoms with van der Waals surface area (Å²) in [4.78, 5) is 145. The average Bonchev–Trinajstić information content (AvgIpc) is 4.20. The number of aromatic nitrogens is 5. The van der Waals surface area contributed by atoms with E-state index in [1.165, 1.54) is 32.0 Å². The smallest absolute Gasteiger partial charge is 0.243 e. The first-order valence-electron chi connectivity index (χ1n) is 26.0. The Labute approximate surface area is 446 Å². The van der Waals surface area contributed by atoms with Crippen molar-refractivity contribution in [2.24, 2.45) is 17.8 Å². The summed E-state index contributed by atoms with van der Waals surface area (Å²) >= 11 is 0. The quantitative estimate of drug-likeness (QED) is 0.0777. The monoisotopic (exact) mass is 1060 g/mol. The predicted molar refractivity (Wildman–Crippen MR) is 285 cm³/mol. The third-order valence-corrected chi connectivity index (χ3v) is 13.0. The molecule has 3 aromatic heterocycles. The molecule has 23 heteroatoms. The van der Waals surface area contributed by atoms with Gasteiger partial charge in [-0.05, 0) is 54.7 Å². The zero-order valence-electron chi connectivity index (χ0n) is 44.5. The largest absolute Gasteiger partial charge is 0.361 e. The third kappa shape index (κ3) is 17.1. The number of nitrogens with zero attached hydrogens (tertiary/aromatic N) is 2. The number of nitrogens with one attached hydrogen (secondary N) is 12. The van der Waals surface area contributed by atoms with Gasteiger partial charge in [-0.2, -0.15) is 0 Å². The predicted octanol–water partition coefficient (Wildman–Crippen LogP) is 0.661. The number of carbonyl (C=O) groups is 9. The molecule has 412 valence electrons. The molecule has 6 rings (SSSR count). The first kappa shape index (κ1) is 57.9. The molecule has 1 aliphatic heterocycles. The highest BCUT2D eigenvalue weighted by Crippen LogP contribution is 2.20. The average molecular weight is 1060 g/mol. The minimum Gasteiger partial charge on any atom is -0.361 e. The van der Waals surface area contributed by atoms with Crippen molar-refractivity contribution in [1.82, 2.24) is 72.8 Å². The molecule has 1 saturated heterocycles. The molecule has 0 unspecified atom stereocenters. The van der Waals surface area contributed by atoms with Gasteiger partial charge in [0.15, 0.2) is 0 Å². The van der Waals surface area contributed by atoms with Crippen LogP contribution < -0.4 is 47.9 Å². The van der Waals surface area contributed by atoms with E-state index < -0.39 is 114 Å². The maximum atomic E-state index is 14.8. The van der Waals surface area contributed by atoms with Crippen molar-refractivity contribution < 1.29 is 43.2 Å². The SMILES string of the molecule is CC(C)C[C@@H]1NC(=O)[C@H](Cc2cnc[nH]2)NC(=O)CNC(=O)[C@H](C(C)C)NC(=O)[C@H](C)NC(=O)[C@H](Cc2c[nH]c3ccccc23)NC(=O)[C@H](Cc2cnc[nH]2)NC(=O)[C@H](Cc2ccccc2)NC(=O)[C@H](CC(C)C)NC1=O. The van der Waals surface area contributed by atoms with Gasteiger partial charge >= 0.3 is 0 Å². The zero-order chi connectivity index (χ0) is 55.8. The Morgan fingerprint density at radius 1 is 0.481 bits per heavy atom. The lowest BCUT2D eigenvalue weighted by atomic mass is 9.98. The minimum absolute atomic E-state index is 0.0427. The number of carbonyl (C=O) groups excluding carboxylic acids is 9. The van der Waals surface area contributed by atoms with Gasteiger partial charge in [-0.3, -0.25) is 43.2 Å². The Morgan fingerprint density at radius 2 is 0.948 bits per heavy atom. The maximum Gasteiger partial charge on any atom is 0.243 e. The van der Waals surface area contributed by atoms with E-state index >= 15 is 0 Å². The Morgan fingerprint density at radius 3 is 1.47 bits per heavy atom. The molecular formula is C54H72N14O9. The number of amides is 9. The summed E-state index contributed by atoms with van der Waals surface area (Å²) in [5.74, 6) is -7.58. The maximum absolute atomic E-state index is 14.8. The first-order chi connectivity index (χ1) is 36.7. The van der Waals surface area contributed by atoms with E-state index in [1.54, 1.807) is 50.4 Å². The summed E-state index contributed by atoms with van der Waals surface area (Å²) in [6.07, 6.45) is 7.35. The van der Waals surface area contributed by atoms with E-state index in [0.717, 1.165) is 10.9 Å². The minimum atomic E-state index is -1.38. The van der Waals surface area contributed by atoms with E-state index in [0.29, 0.717) is 22.5 Å². The molecule has 8 atom stereocenters. The number of rotatable bonds is 13. The van der Waals surface area contributed by atoms with Gasteiger partial charge in [0, 0.05) is 66.6 Å². The fraction of sp³-hybridized carbons (Fsp3) is 0.463. The number of aromatic amines is 3. The summed E-state index contributed by atoms with van der Waals surface area (Å²) in [6.45, 7) is 11.5. The van der Waals surface area contributed by atoms with Crippen LogP contribution in [0.15, 0.2) is 85.8 Å². The second kappa shape index (κ2) is 27.4. The van der Waals surface area contributed by atoms with Crippen LogP contribution in [0.2, 0.25) is 0 Å². The van der Waals surface area contributed by atoms with Crippen molar-refractivity contribution in [3.05, 3.63) is 108 Å². The number of H-pyrrole nitrogens is 3. The number of imidazole rings is 2. The van der Waals surface area contributed by atoms with E-state index in [-0.39, 0.29) is 50.4 Å². The Hall–Kier alpha value is -8.37. The number of para-hydroxylation sites is 1. The van der Waals surface area contributed by atoms with Gasteiger partial charge < -0.3 is 62.8 Å². The van der Waals surface area contributed by atoms with Crippen LogP contribution in [0.4, 0.5) is 0 Å². The molecule has 23 nitrogen and oxygen atoms in total. The highest BCUT2D eigenvalue weighted by molar-refractivity contribution is 5.99. The van der Waals surface area contributed by atoms with Crippen LogP contribution in [0.3, 0.4) is 0 Å². The molecule has 0 bridgehead atoms. The molecule has 1 fully saturated rings. The fourth-order valence-corrected chi connectivity index (χ4v) is 8.92. The number of benzene rings is 2. The lowest BCUT2D eigenvalue weighted by Gasteiger charge is -2.29. The van der Waals surface area contributed by atoms with Crippen LogP contribution >= 0.6 is 0 Å². The van der Waals surface area contributed by atoms with Gasteiger partial charge in [-0.15, -0.1) is 0 Å². The van der Waals surface area contributed by atoms with Crippen LogP contribution in [0.5, 0.6) is 0 Å². The molecular weight excluding hydrogens is 989 g/mol. The first-order valence-corrected chi connectivity index (χ1v) is 26.0. The van der Waals surface area contributed by atoms with Gasteiger partial charge in [-0.1, -0.05) is 90.1 Å². The zero-order valence-corrected chi connectivity index (χ0v) is 44.5. The molecule has 9 amide bonds. The number of fused-ring (bicyclic) bond motifs is 1. The van der Waals surface area contributed by atoms with E-state index in [4.69, 9.17) is 0 Å². The lowest BCUT2D eigenvalue weighted by molar-refractivity contribution is -0.136. The van der Waals surface area contributed by atoms with Crippen molar-refractivity contribution in [1.29, 1.82) is 0 Å². The lowest BCUT2D eigenvalue weighted by Crippen LogP contribution is -2.61. The third-order valence-electron chi connectivity index (χ3n) is 13.0.